The van der Waals surface area contributed by atoms with E-state index in [1.165, 1.54) is 12.1 Å². The average molecular weight is 404 g/mol. The van der Waals surface area contributed by atoms with E-state index < -0.39 is 10.0 Å². The van der Waals surface area contributed by atoms with E-state index in [4.69, 9.17) is 14.6 Å². The normalized spacial score (nSPS) is 14.8. The number of hydrogen-bond donors (Lipinski definition) is 2. The quantitative estimate of drug-likeness (QED) is 0.684. The molecule has 1 heterocycles. The monoisotopic (exact) mass is 404 g/mol. The first-order chi connectivity index (χ1) is 13.1. The van der Waals surface area contributed by atoms with Gasteiger partial charge in [-0.05, 0) is 37.6 Å². The Hall–Kier alpha value is -2.58. The maximum atomic E-state index is 12.0. The second kappa shape index (κ2) is 7.81. The summed E-state index contributed by atoms with van der Waals surface area (Å²) in [6.07, 6.45) is 0.976. The standard InChI is InChI=1S/C20H24N2O5S/c1-20(2)13-15-4-3-5-17(19(15)27-20)26-11-10-22-18(23)12-14-6-8-16(9-7-14)28(21,24)25/h3-9H,10-13H2,1-2H3,(H,22,23)(H2,21,24,25). The average Bonchev–Trinajstić information content (AvgIpc) is 2.93. The Morgan fingerprint density at radius 2 is 1.93 bits per heavy atom. The fourth-order valence-electron chi connectivity index (χ4n) is 3.10. The lowest BCUT2D eigenvalue weighted by Gasteiger charge is -2.18. The lowest BCUT2D eigenvalue weighted by molar-refractivity contribution is -0.120. The van der Waals surface area contributed by atoms with Crippen LogP contribution in [-0.4, -0.2) is 33.1 Å². The van der Waals surface area contributed by atoms with Crippen molar-refractivity contribution in [3.05, 3.63) is 53.6 Å². The van der Waals surface area contributed by atoms with Crippen molar-refractivity contribution >= 4 is 15.9 Å². The largest absolute Gasteiger partial charge is 0.488 e. The molecule has 150 valence electrons. The highest BCUT2D eigenvalue weighted by Crippen LogP contribution is 2.41. The first-order valence-electron chi connectivity index (χ1n) is 8.96. The fourth-order valence-corrected chi connectivity index (χ4v) is 3.61. The van der Waals surface area contributed by atoms with Crippen LogP contribution in [0.15, 0.2) is 47.4 Å². The number of nitrogens with one attached hydrogen (secondary N) is 1. The summed E-state index contributed by atoms with van der Waals surface area (Å²) in [7, 11) is -3.73. The summed E-state index contributed by atoms with van der Waals surface area (Å²) in [6, 6.07) is 11.7. The molecular formula is C20H24N2O5S. The molecule has 0 aliphatic carbocycles. The van der Waals surface area contributed by atoms with Crippen molar-refractivity contribution in [3.63, 3.8) is 0 Å². The Labute approximate surface area is 164 Å². The molecule has 0 radical (unpaired) electrons. The van der Waals surface area contributed by atoms with Gasteiger partial charge in [0.05, 0.1) is 17.9 Å². The molecule has 2 aromatic carbocycles. The summed E-state index contributed by atoms with van der Waals surface area (Å²) in [6.45, 7) is 4.73. The number of para-hydroxylation sites is 1. The van der Waals surface area contributed by atoms with Crippen LogP contribution < -0.4 is 19.9 Å². The molecule has 0 fully saturated rings. The number of carbonyl (C=O) groups is 1. The minimum Gasteiger partial charge on any atom is -0.488 e. The first-order valence-corrected chi connectivity index (χ1v) is 10.5. The maximum Gasteiger partial charge on any atom is 0.238 e. The molecule has 1 aliphatic rings. The van der Waals surface area contributed by atoms with Crippen molar-refractivity contribution in [1.82, 2.24) is 5.32 Å². The van der Waals surface area contributed by atoms with Crippen molar-refractivity contribution in [2.45, 2.75) is 37.2 Å². The molecule has 0 saturated heterocycles. The number of rotatable bonds is 7. The SMILES string of the molecule is CC1(C)Cc2cccc(OCCNC(=O)Cc3ccc(S(N)(=O)=O)cc3)c2O1. The summed E-state index contributed by atoms with van der Waals surface area (Å²) in [5, 5.41) is 7.84. The molecule has 1 amide bonds. The van der Waals surface area contributed by atoms with Gasteiger partial charge in [0.1, 0.15) is 12.2 Å². The Kier molecular flexibility index (Phi) is 5.62. The predicted octanol–water partition coefficient (Wildman–Crippen LogP) is 1.79. The van der Waals surface area contributed by atoms with Crippen molar-refractivity contribution in [3.8, 4) is 11.5 Å². The number of sulfonamides is 1. The molecule has 0 aromatic heterocycles. The van der Waals surface area contributed by atoms with Crippen LogP contribution in [0.4, 0.5) is 0 Å². The molecule has 1 aliphatic heterocycles. The summed E-state index contributed by atoms with van der Waals surface area (Å²) < 4.78 is 34.2. The van der Waals surface area contributed by atoms with E-state index in [1.807, 2.05) is 32.0 Å². The number of benzene rings is 2. The van der Waals surface area contributed by atoms with Gasteiger partial charge in [-0.1, -0.05) is 24.3 Å². The lowest BCUT2D eigenvalue weighted by atomic mass is 10.0. The van der Waals surface area contributed by atoms with Gasteiger partial charge < -0.3 is 14.8 Å². The second-order valence-corrected chi connectivity index (χ2v) is 8.91. The third-order valence-electron chi connectivity index (χ3n) is 4.35. The van der Waals surface area contributed by atoms with Crippen LogP contribution in [0.3, 0.4) is 0 Å². The molecule has 28 heavy (non-hydrogen) atoms. The summed E-state index contributed by atoms with van der Waals surface area (Å²) in [4.78, 5) is 12.1. The number of fused-ring (bicyclic) bond motifs is 1. The number of carbonyl (C=O) groups excluding carboxylic acids is 1. The topological polar surface area (TPSA) is 108 Å². The van der Waals surface area contributed by atoms with Crippen LogP contribution >= 0.6 is 0 Å². The smallest absolute Gasteiger partial charge is 0.238 e. The van der Waals surface area contributed by atoms with Crippen LogP contribution in [0.5, 0.6) is 11.5 Å². The molecular weight excluding hydrogens is 380 g/mol. The van der Waals surface area contributed by atoms with E-state index in [1.54, 1.807) is 12.1 Å². The Morgan fingerprint density at radius 3 is 2.61 bits per heavy atom. The Morgan fingerprint density at radius 1 is 1.21 bits per heavy atom. The summed E-state index contributed by atoms with van der Waals surface area (Å²) in [5.41, 5.74) is 1.58. The number of primary sulfonamides is 1. The number of ether oxygens (including phenoxy) is 2. The molecule has 3 N–H and O–H groups in total. The van der Waals surface area contributed by atoms with Gasteiger partial charge in [-0.2, -0.15) is 0 Å². The molecule has 0 saturated carbocycles. The molecule has 3 rings (SSSR count). The van der Waals surface area contributed by atoms with Gasteiger partial charge in [0.25, 0.3) is 0 Å². The highest BCUT2D eigenvalue weighted by molar-refractivity contribution is 7.89. The summed E-state index contributed by atoms with van der Waals surface area (Å²) >= 11 is 0. The molecule has 2 aromatic rings. The number of amides is 1. The van der Waals surface area contributed by atoms with Crippen LogP contribution in [0.1, 0.15) is 25.0 Å². The van der Waals surface area contributed by atoms with Crippen LogP contribution in [0.25, 0.3) is 0 Å². The zero-order valence-electron chi connectivity index (χ0n) is 15.9. The van der Waals surface area contributed by atoms with E-state index in [0.717, 1.165) is 17.7 Å². The van der Waals surface area contributed by atoms with Gasteiger partial charge >= 0.3 is 0 Å². The minimum absolute atomic E-state index is 0.0193. The van der Waals surface area contributed by atoms with Gasteiger partial charge in [-0.3, -0.25) is 4.79 Å². The van der Waals surface area contributed by atoms with Gasteiger partial charge in [0, 0.05) is 12.0 Å². The highest BCUT2D eigenvalue weighted by Gasteiger charge is 2.32. The van der Waals surface area contributed by atoms with Crippen molar-refractivity contribution < 1.29 is 22.7 Å². The molecule has 7 nitrogen and oxygen atoms in total. The van der Waals surface area contributed by atoms with Gasteiger partial charge in [-0.25, -0.2) is 13.6 Å². The molecule has 0 bridgehead atoms. The molecule has 0 spiro atoms. The Balaban J connectivity index is 1.46. The maximum absolute atomic E-state index is 12.0. The van der Waals surface area contributed by atoms with Crippen molar-refractivity contribution in [2.24, 2.45) is 5.14 Å². The van der Waals surface area contributed by atoms with E-state index >= 15 is 0 Å². The lowest BCUT2D eigenvalue weighted by Crippen LogP contribution is -2.29. The third kappa shape index (κ3) is 5.02. The van der Waals surface area contributed by atoms with Crippen molar-refractivity contribution in [1.29, 1.82) is 0 Å². The van der Waals surface area contributed by atoms with Crippen LogP contribution in [0.2, 0.25) is 0 Å². The second-order valence-electron chi connectivity index (χ2n) is 7.35. The number of nitrogens with two attached hydrogens (primary N) is 1. The van der Waals surface area contributed by atoms with E-state index in [2.05, 4.69) is 5.32 Å². The van der Waals surface area contributed by atoms with Gasteiger partial charge in [0.15, 0.2) is 11.5 Å². The number of hydrogen-bond acceptors (Lipinski definition) is 5. The Bertz CT molecular complexity index is 969. The van der Waals surface area contributed by atoms with Gasteiger partial charge in [-0.15, -0.1) is 0 Å². The fraction of sp³-hybridized carbons (Fsp3) is 0.350. The zero-order valence-corrected chi connectivity index (χ0v) is 16.7. The first kappa shape index (κ1) is 20.2. The predicted molar refractivity (Wildman–Crippen MR) is 105 cm³/mol. The van der Waals surface area contributed by atoms with Gasteiger partial charge in [0.2, 0.25) is 15.9 Å². The van der Waals surface area contributed by atoms with E-state index in [-0.39, 0.29) is 22.8 Å². The third-order valence-corrected chi connectivity index (χ3v) is 5.28. The molecule has 0 unspecified atom stereocenters. The highest BCUT2D eigenvalue weighted by atomic mass is 32.2. The molecule has 0 atom stereocenters. The summed E-state index contributed by atoms with van der Waals surface area (Å²) in [5.74, 6) is 1.27. The zero-order chi connectivity index (χ0) is 20.4. The minimum atomic E-state index is -3.73. The van der Waals surface area contributed by atoms with Crippen LogP contribution in [-0.2, 0) is 27.7 Å². The van der Waals surface area contributed by atoms with E-state index in [9.17, 15) is 13.2 Å². The molecule has 8 heteroatoms. The van der Waals surface area contributed by atoms with Crippen LogP contribution in [0, 0.1) is 0 Å². The van der Waals surface area contributed by atoms with Crippen molar-refractivity contribution in [2.75, 3.05) is 13.2 Å². The van der Waals surface area contributed by atoms with E-state index in [0.29, 0.717) is 24.5 Å².